The minimum absolute atomic E-state index is 0. The van der Waals surface area contributed by atoms with Crippen LogP contribution in [-0.2, 0) is 0 Å². The van der Waals surface area contributed by atoms with E-state index in [9.17, 15) is 5.11 Å². The van der Waals surface area contributed by atoms with Gasteiger partial charge in [0.15, 0.2) is 11.5 Å². The van der Waals surface area contributed by atoms with E-state index in [1.54, 1.807) is 33.5 Å². The number of aliphatic hydroxyl groups is 1. The van der Waals surface area contributed by atoms with Gasteiger partial charge in [0.1, 0.15) is 25.0 Å². The lowest BCUT2D eigenvalue weighted by Crippen LogP contribution is -3.00. The fourth-order valence-electron chi connectivity index (χ4n) is 2.76. The third-order valence-electron chi connectivity index (χ3n) is 4.33. The largest absolute Gasteiger partial charge is 1.00 e. The van der Waals surface area contributed by atoms with Crippen LogP contribution >= 0.6 is 0 Å². The van der Waals surface area contributed by atoms with Crippen molar-refractivity contribution in [3.05, 3.63) is 12.1 Å². The lowest BCUT2D eigenvalue weighted by atomic mass is 10.0. The lowest BCUT2D eigenvalue weighted by molar-refractivity contribution is -0.692. The highest BCUT2D eigenvalue weighted by Crippen LogP contribution is 2.40. The molecule has 158 valence electrons. The molecule has 2 atom stereocenters. The molecule has 0 amide bonds. The molecule has 2 unspecified atom stereocenters. The molecule has 0 heterocycles. The van der Waals surface area contributed by atoms with Crippen molar-refractivity contribution in [2.75, 3.05) is 34.5 Å². The van der Waals surface area contributed by atoms with Crippen LogP contribution in [0.1, 0.15) is 40.0 Å². The average Bonchev–Trinajstić information content (AvgIpc) is 2.63. The van der Waals surface area contributed by atoms with E-state index in [1.807, 2.05) is 0 Å². The number of hydrogen-bond donors (Lipinski definition) is 2. The highest BCUT2D eigenvalue weighted by molar-refractivity contribution is 5.55. The maximum Gasteiger partial charge on any atom is 0.203 e. The Balaban J connectivity index is 0.00000676. The van der Waals surface area contributed by atoms with Crippen molar-refractivity contribution in [1.29, 1.82) is 0 Å². The Labute approximate surface area is 169 Å². The first-order chi connectivity index (χ1) is 12.4. The molecule has 0 aromatic heterocycles. The molecule has 7 heteroatoms. The molecular weight excluding hydrogens is 370 g/mol. The molecule has 0 saturated carbocycles. The SMILES string of the molecule is COc1cc(OCC(O)C[NH2+]C(C)CCCC(C)C)cc(OC)c1OC.[Cl-]. The van der Waals surface area contributed by atoms with Gasteiger partial charge in [-0.05, 0) is 25.7 Å². The van der Waals surface area contributed by atoms with E-state index in [0.717, 1.165) is 5.92 Å². The van der Waals surface area contributed by atoms with Crippen molar-refractivity contribution < 1.29 is 41.8 Å². The summed E-state index contributed by atoms with van der Waals surface area (Å²) in [6.07, 6.45) is 3.11. The van der Waals surface area contributed by atoms with Gasteiger partial charge in [0.2, 0.25) is 5.75 Å². The predicted molar refractivity (Wildman–Crippen MR) is 103 cm³/mol. The van der Waals surface area contributed by atoms with Crippen LogP contribution in [0.4, 0.5) is 0 Å². The van der Waals surface area contributed by atoms with E-state index in [4.69, 9.17) is 18.9 Å². The zero-order chi connectivity index (χ0) is 19.5. The number of halogens is 1. The molecule has 0 spiro atoms. The Kier molecular flexibility index (Phi) is 13.0. The molecule has 0 aliphatic heterocycles. The van der Waals surface area contributed by atoms with Crippen molar-refractivity contribution in [3.63, 3.8) is 0 Å². The quantitative estimate of drug-likeness (QED) is 0.451. The summed E-state index contributed by atoms with van der Waals surface area (Å²) in [6.45, 7) is 7.53. The normalized spacial score (nSPS) is 12.9. The van der Waals surface area contributed by atoms with Crippen molar-refractivity contribution in [3.8, 4) is 23.0 Å². The van der Waals surface area contributed by atoms with Gasteiger partial charge >= 0.3 is 0 Å². The van der Waals surface area contributed by atoms with Gasteiger partial charge in [-0.15, -0.1) is 0 Å². The summed E-state index contributed by atoms with van der Waals surface area (Å²) in [4.78, 5) is 0. The van der Waals surface area contributed by atoms with Gasteiger partial charge in [-0.25, -0.2) is 0 Å². The molecule has 0 aliphatic rings. The third kappa shape index (κ3) is 9.40. The number of ether oxygens (including phenoxy) is 4. The van der Waals surface area contributed by atoms with Crippen LogP contribution in [0.15, 0.2) is 12.1 Å². The van der Waals surface area contributed by atoms with Crippen molar-refractivity contribution in [2.24, 2.45) is 5.92 Å². The maximum absolute atomic E-state index is 10.2. The molecule has 0 bridgehead atoms. The highest BCUT2D eigenvalue weighted by Gasteiger charge is 2.16. The van der Waals surface area contributed by atoms with Crippen molar-refractivity contribution in [2.45, 2.75) is 52.2 Å². The van der Waals surface area contributed by atoms with Crippen LogP contribution in [0.5, 0.6) is 23.0 Å². The third-order valence-corrected chi connectivity index (χ3v) is 4.33. The summed E-state index contributed by atoms with van der Waals surface area (Å²) < 4.78 is 21.6. The van der Waals surface area contributed by atoms with Gasteiger partial charge in [0.25, 0.3) is 0 Å². The Bertz CT molecular complexity index is 502. The molecule has 1 aromatic carbocycles. The molecule has 27 heavy (non-hydrogen) atoms. The number of rotatable bonds is 13. The summed E-state index contributed by atoms with van der Waals surface area (Å²) in [5, 5.41) is 12.4. The fourth-order valence-corrected chi connectivity index (χ4v) is 2.76. The molecule has 1 rings (SSSR count). The summed E-state index contributed by atoms with van der Waals surface area (Å²) in [6, 6.07) is 3.96. The molecule has 0 fully saturated rings. The molecule has 1 aromatic rings. The van der Waals surface area contributed by atoms with Crippen LogP contribution in [0.2, 0.25) is 0 Å². The fraction of sp³-hybridized carbons (Fsp3) is 0.700. The number of aliphatic hydroxyl groups excluding tert-OH is 1. The minimum atomic E-state index is -0.540. The van der Waals surface area contributed by atoms with Crippen LogP contribution in [0.3, 0.4) is 0 Å². The second-order valence-electron chi connectivity index (χ2n) is 7.10. The standard InChI is InChI=1S/C20H35NO5.ClH/c1-14(2)8-7-9-15(3)21-12-16(22)13-26-17-10-18(23-4)20(25-6)19(11-17)24-5;/h10-11,14-16,21-22H,7-9,12-13H2,1-6H3;1H. The Morgan fingerprint density at radius 1 is 0.963 bits per heavy atom. The summed E-state index contributed by atoms with van der Waals surface area (Å²) in [5.74, 6) is 2.90. The van der Waals surface area contributed by atoms with E-state index >= 15 is 0 Å². The molecule has 0 radical (unpaired) electrons. The van der Waals surface area contributed by atoms with Gasteiger partial charge in [-0.2, -0.15) is 0 Å². The van der Waals surface area contributed by atoms with Crippen molar-refractivity contribution >= 4 is 0 Å². The number of nitrogens with two attached hydrogens (primary N) is 1. The minimum Gasteiger partial charge on any atom is -1.00 e. The van der Waals surface area contributed by atoms with Gasteiger partial charge in [-0.3, -0.25) is 0 Å². The number of methoxy groups -OCH3 is 3. The van der Waals surface area contributed by atoms with Crippen LogP contribution in [-0.4, -0.2) is 51.7 Å². The van der Waals surface area contributed by atoms with E-state index in [-0.39, 0.29) is 19.0 Å². The zero-order valence-electron chi connectivity index (χ0n) is 17.5. The smallest absolute Gasteiger partial charge is 0.203 e. The first kappa shape index (κ1) is 25.6. The topological polar surface area (TPSA) is 73.8 Å². The van der Waals surface area contributed by atoms with E-state index < -0.39 is 6.10 Å². The zero-order valence-corrected chi connectivity index (χ0v) is 18.2. The lowest BCUT2D eigenvalue weighted by Gasteiger charge is -2.17. The van der Waals surface area contributed by atoms with E-state index in [0.29, 0.717) is 35.6 Å². The number of hydrogen-bond acceptors (Lipinski definition) is 5. The van der Waals surface area contributed by atoms with Gasteiger partial charge in [0, 0.05) is 12.1 Å². The predicted octanol–water partition coefficient (Wildman–Crippen LogP) is -0.766. The average molecular weight is 406 g/mol. The highest BCUT2D eigenvalue weighted by atomic mass is 35.5. The summed E-state index contributed by atoms with van der Waals surface area (Å²) >= 11 is 0. The molecule has 0 saturated heterocycles. The van der Waals surface area contributed by atoms with Crippen LogP contribution in [0.25, 0.3) is 0 Å². The first-order valence-electron chi connectivity index (χ1n) is 9.35. The number of benzene rings is 1. The van der Waals surface area contributed by atoms with Gasteiger partial charge in [0.05, 0.1) is 27.4 Å². The molecule has 6 nitrogen and oxygen atoms in total. The molecule has 0 aliphatic carbocycles. The summed E-state index contributed by atoms with van der Waals surface area (Å²) in [7, 11) is 4.68. The second-order valence-corrected chi connectivity index (χ2v) is 7.10. The first-order valence-corrected chi connectivity index (χ1v) is 9.35. The van der Waals surface area contributed by atoms with Gasteiger partial charge < -0.3 is 41.8 Å². The number of quaternary nitrogens is 1. The molecule has 3 N–H and O–H groups in total. The summed E-state index contributed by atoms with van der Waals surface area (Å²) in [5.41, 5.74) is 0. The van der Waals surface area contributed by atoms with E-state index in [1.165, 1.54) is 19.3 Å². The Morgan fingerprint density at radius 2 is 1.56 bits per heavy atom. The maximum atomic E-state index is 10.2. The second kappa shape index (κ2) is 13.7. The van der Waals surface area contributed by atoms with Gasteiger partial charge in [-0.1, -0.05) is 20.3 Å². The Hall–Kier alpha value is -1.37. The molecular formula is C20H36ClNO5. The van der Waals surface area contributed by atoms with Crippen LogP contribution < -0.4 is 36.7 Å². The monoisotopic (exact) mass is 405 g/mol. The van der Waals surface area contributed by atoms with Crippen LogP contribution in [0, 0.1) is 5.92 Å². The van der Waals surface area contributed by atoms with E-state index in [2.05, 4.69) is 26.1 Å². The van der Waals surface area contributed by atoms with Crippen molar-refractivity contribution in [1.82, 2.24) is 0 Å². The Morgan fingerprint density at radius 3 is 2.04 bits per heavy atom.